The lowest BCUT2D eigenvalue weighted by molar-refractivity contribution is 0.102. The molecule has 6 nitrogen and oxygen atoms in total. The van der Waals surface area contributed by atoms with Gasteiger partial charge in [0, 0.05) is 23.5 Å². The van der Waals surface area contributed by atoms with Crippen LogP contribution < -0.4 is 15.4 Å². The zero-order valence-electron chi connectivity index (χ0n) is 15.6. The number of hydrogen-bond donors (Lipinski definition) is 2. The summed E-state index contributed by atoms with van der Waals surface area (Å²) in [6.45, 7) is 3.86. The fourth-order valence-corrected chi connectivity index (χ4v) is 2.73. The Bertz CT molecular complexity index is 956. The van der Waals surface area contributed by atoms with Crippen molar-refractivity contribution in [3.8, 4) is 5.75 Å². The van der Waals surface area contributed by atoms with Crippen LogP contribution in [-0.2, 0) is 6.42 Å². The van der Waals surface area contributed by atoms with Gasteiger partial charge in [0.25, 0.3) is 5.91 Å². The van der Waals surface area contributed by atoms with E-state index < -0.39 is 0 Å². The Morgan fingerprint density at radius 1 is 1.07 bits per heavy atom. The molecule has 0 aliphatic heterocycles. The Hall–Kier alpha value is -3.41. The van der Waals surface area contributed by atoms with Crippen molar-refractivity contribution in [1.29, 1.82) is 0 Å². The van der Waals surface area contributed by atoms with Crippen LogP contribution in [0.15, 0.2) is 54.6 Å². The summed E-state index contributed by atoms with van der Waals surface area (Å²) in [5.41, 5.74) is 3.08. The van der Waals surface area contributed by atoms with E-state index in [-0.39, 0.29) is 5.91 Å². The molecule has 3 aromatic rings. The molecule has 3 rings (SSSR count). The first-order valence-electron chi connectivity index (χ1n) is 8.75. The maximum Gasteiger partial charge on any atom is 0.274 e. The number of methoxy groups -OCH3 is 1. The van der Waals surface area contributed by atoms with Crippen molar-refractivity contribution >= 4 is 23.1 Å². The Labute approximate surface area is 158 Å². The van der Waals surface area contributed by atoms with Crippen molar-refractivity contribution in [3.63, 3.8) is 0 Å². The minimum atomic E-state index is -0.305. The molecule has 0 atom stereocenters. The van der Waals surface area contributed by atoms with Crippen molar-refractivity contribution in [2.75, 3.05) is 17.7 Å². The summed E-state index contributed by atoms with van der Waals surface area (Å²) < 4.78 is 5.18. The third-order valence-corrected chi connectivity index (χ3v) is 4.06. The number of anilines is 3. The molecule has 0 radical (unpaired) electrons. The fraction of sp³-hybridized carbons (Fsp3) is 0.190. The Balaban J connectivity index is 1.83. The van der Waals surface area contributed by atoms with Gasteiger partial charge in [-0.05, 0) is 37.1 Å². The molecule has 0 spiro atoms. The number of carbonyl (C=O) groups is 1. The molecule has 0 saturated heterocycles. The van der Waals surface area contributed by atoms with Crippen molar-refractivity contribution in [1.82, 2.24) is 9.97 Å². The molecule has 0 saturated carbocycles. The standard InChI is InChI=1S/C21H22N4O2/c1-4-15-8-5-6-11-18(15)25-20-13-19(22-14(2)23-20)21(26)24-16-9-7-10-17(12-16)27-3/h5-13H,4H2,1-3H3,(H,24,26)(H,22,23,25). The fourth-order valence-electron chi connectivity index (χ4n) is 2.73. The third-order valence-electron chi connectivity index (χ3n) is 4.06. The molecule has 2 N–H and O–H groups in total. The van der Waals surface area contributed by atoms with Gasteiger partial charge in [0.05, 0.1) is 7.11 Å². The van der Waals surface area contributed by atoms with Gasteiger partial charge in [-0.1, -0.05) is 31.2 Å². The summed E-state index contributed by atoms with van der Waals surface area (Å²) in [6, 6.07) is 16.8. The summed E-state index contributed by atoms with van der Waals surface area (Å²) in [7, 11) is 1.58. The van der Waals surface area contributed by atoms with Crippen LogP contribution in [0.25, 0.3) is 0 Å². The predicted molar refractivity (Wildman–Crippen MR) is 107 cm³/mol. The SMILES string of the molecule is CCc1ccccc1Nc1cc(C(=O)Nc2cccc(OC)c2)nc(C)n1. The van der Waals surface area contributed by atoms with E-state index in [0.29, 0.717) is 28.8 Å². The minimum Gasteiger partial charge on any atom is -0.497 e. The molecule has 6 heteroatoms. The molecular weight excluding hydrogens is 340 g/mol. The summed E-state index contributed by atoms with van der Waals surface area (Å²) in [4.78, 5) is 21.3. The zero-order valence-corrected chi connectivity index (χ0v) is 15.6. The van der Waals surface area contributed by atoms with Crippen molar-refractivity contribution in [2.45, 2.75) is 20.3 Å². The van der Waals surface area contributed by atoms with Gasteiger partial charge in [0.2, 0.25) is 0 Å². The monoisotopic (exact) mass is 362 g/mol. The Kier molecular flexibility index (Phi) is 5.66. The lowest BCUT2D eigenvalue weighted by Crippen LogP contribution is -2.15. The van der Waals surface area contributed by atoms with Crippen LogP contribution in [0.4, 0.5) is 17.2 Å². The molecule has 1 amide bonds. The van der Waals surface area contributed by atoms with Crippen molar-refractivity contribution in [2.24, 2.45) is 0 Å². The van der Waals surface area contributed by atoms with E-state index >= 15 is 0 Å². The molecule has 1 aromatic heterocycles. The van der Waals surface area contributed by atoms with Crippen LogP contribution in [0.5, 0.6) is 5.75 Å². The van der Waals surface area contributed by atoms with Gasteiger partial charge >= 0.3 is 0 Å². The van der Waals surface area contributed by atoms with Crippen LogP contribution in [0.2, 0.25) is 0 Å². The predicted octanol–water partition coefficient (Wildman–Crippen LogP) is 4.35. The summed E-state index contributed by atoms with van der Waals surface area (Å²) in [6.07, 6.45) is 0.899. The molecule has 27 heavy (non-hydrogen) atoms. The number of carbonyl (C=O) groups excluding carboxylic acids is 1. The van der Waals surface area contributed by atoms with Gasteiger partial charge in [-0.15, -0.1) is 0 Å². The van der Waals surface area contributed by atoms with Crippen LogP contribution >= 0.6 is 0 Å². The molecule has 0 bridgehead atoms. The van der Waals surface area contributed by atoms with E-state index in [9.17, 15) is 4.79 Å². The molecule has 0 fully saturated rings. The molecule has 138 valence electrons. The quantitative estimate of drug-likeness (QED) is 0.682. The van der Waals surface area contributed by atoms with E-state index in [1.54, 1.807) is 32.2 Å². The number of nitrogens with one attached hydrogen (secondary N) is 2. The highest BCUT2D eigenvalue weighted by Crippen LogP contribution is 2.21. The zero-order chi connectivity index (χ0) is 19.2. The Morgan fingerprint density at radius 3 is 2.67 bits per heavy atom. The van der Waals surface area contributed by atoms with Gasteiger partial charge in [-0.2, -0.15) is 0 Å². The van der Waals surface area contributed by atoms with E-state index in [2.05, 4.69) is 33.6 Å². The number of aryl methyl sites for hydroxylation is 2. The summed E-state index contributed by atoms with van der Waals surface area (Å²) >= 11 is 0. The maximum atomic E-state index is 12.6. The van der Waals surface area contributed by atoms with Crippen molar-refractivity contribution in [3.05, 3.63) is 71.7 Å². The summed E-state index contributed by atoms with van der Waals surface area (Å²) in [5, 5.41) is 6.13. The van der Waals surface area contributed by atoms with Gasteiger partial charge in [0.1, 0.15) is 23.1 Å². The molecule has 1 heterocycles. The smallest absolute Gasteiger partial charge is 0.274 e. The van der Waals surface area contributed by atoms with Gasteiger partial charge < -0.3 is 15.4 Å². The second-order valence-electron chi connectivity index (χ2n) is 6.01. The van der Waals surface area contributed by atoms with Gasteiger partial charge in [-0.25, -0.2) is 9.97 Å². The summed E-state index contributed by atoms with van der Waals surface area (Å²) in [5.74, 6) is 1.47. The van der Waals surface area contributed by atoms with Crippen LogP contribution in [0, 0.1) is 6.92 Å². The van der Waals surface area contributed by atoms with Gasteiger partial charge in [-0.3, -0.25) is 4.79 Å². The van der Waals surface area contributed by atoms with Crippen molar-refractivity contribution < 1.29 is 9.53 Å². The lowest BCUT2D eigenvalue weighted by atomic mass is 10.1. The number of ether oxygens (including phenoxy) is 1. The molecule has 0 aliphatic rings. The number of benzene rings is 2. The number of aromatic nitrogens is 2. The molecule has 0 aliphatic carbocycles. The molecule has 2 aromatic carbocycles. The normalized spacial score (nSPS) is 10.3. The second-order valence-corrected chi connectivity index (χ2v) is 6.01. The van der Waals surface area contributed by atoms with Gasteiger partial charge in [0.15, 0.2) is 0 Å². The van der Waals surface area contributed by atoms with Crippen LogP contribution in [0.3, 0.4) is 0 Å². The highest BCUT2D eigenvalue weighted by atomic mass is 16.5. The van der Waals surface area contributed by atoms with E-state index in [4.69, 9.17) is 4.74 Å². The molecular formula is C21H22N4O2. The maximum absolute atomic E-state index is 12.6. The molecule has 0 unspecified atom stereocenters. The van der Waals surface area contributed by atoms with E-state index in [1.165, 1.54) is 5.56 Å². The van der Waals surface area contributed by atoms with Crippen LogP contribution in [-0.4, -0.2) is 23.0 Å². The second kappa shape index (κ2) is 8.31. The first-order chi connectivity index (χ1) is 13.1. The first kappa shape index (κ1) is 18.4. The highest BCUT2D eigenvalue weighted by Gasteiger charge is 2.12. The number of nitrogens with zero attached hydrogens (tertiary/aromatic N) is 2. The topological polar surface area (TPSA) is 76.1 Å². The number of rotatable bonds is 6. The largest absolute Gasteiger partial charge is 0.497 e. The minimum absolute atomic E-state index is 0.293. The van der Waals surface area contributed by atoms with E-state index in [0.717, 1.165) is 12.1 Å². The lowest BCUT2D eigenvalue weighted by Gasteiger charge is -2.12. The highest BCUT2D eigenvalue weighted by molar-refractivity contribution is 6.03. The van der Waals surface area contributed by atoms with E-state index in [1.807, 2.05) is 30.3 Å². The third kappa shape index (κ3) is 4.61. The first-order valence-corrected chi connectivity index (χ1v) is 8.75. The number of hydrogen-bond acceptors (Lipinski definition) is 5. The number of amides is 1. The number of para-hydroxylation sites is 1. The Morgan fingerprint density at radius 2 is 1.89 bits per heavy atom. The average Bonchev–Trinajstić information content (AvgIpc) is 2.68. The van der Waals surface area contributed by atoms with Crippen LogP contribution in [0.1, 0.15) is 28.8 Å². The average molecular weight is 362 g/mol.